The van der Waals surface area contributed by atoms with E-state index in [2.05, 4.69) is 17.4 Å². The minimum absolute atomic E-state index is 0.0508. The fourth-order valence-corrected chi connectivity index (χ4v) is 3.66. The summed E-state index contributed by atoms with van der Waals surface area (Å²) in [6, 6.07) is 10.5. The van der Waals surface area contributed by atoms with Crippen molar-refractivity contribution in [3.8, 4) is 5.88 Å². The van der Waals surface area contributed by atoms with E-state index >= 15 is 0 Å². The van der Waals surface area contributed by atoms with Gasteiger partial charge in [-0.25, -0.2) is 4.79 Å². The van der Waals surface area contributed by atoms with Crippen molar-refractivity contribution in [3.05, 3.63) is 62.3 Å². The van der Waals surface area contributed by atoms with E-state index in [-0.39, 0.29) is 23.9 Å². The molecule has 1 aliphatic heterocycles. The van der Waals surface area contributed by atoms with Gasteiger partial charge in [-0.15, -0.1) is 0 Å². The second-order valence-electron chi connectivity index (χ2n) is 6.63. The van der Waals surface area contributed by atoms with Crippen LogP contribution in [0, 0.1) is 0 Å². The molecular formula is C18H23N3O3. The van der Waals surface area contributed by atoms with Crippen LogP contribution in [0.25, 0.3) is 0 Å². The molecule has 6 heteroatoms. The number of aromatic nitrogens is 2. The lowest BCUT2D eigenvalue weighted by atomic mass is 9.91. The quantitative estimate of drug-likeness (QED) is 0.876. The monoisotopic (exact) mass is 329 g/mol. The van der Waals surface area contributed by atoms with Crippen LogP contribution in [-0.2, 0) is 20.5 Å². The highest BCUT2D eigenvalue weighted by molar-refractivity contribution is 5.30. The molecule has 3 atom stereocenters. The van der Waals surface area contributed by atoms with Gasteiger partial charge in [0.1, 0.15) is 0 Å². The van der Waals surface area contributed by atoms with Crippen molar-refractivity contribution in [2.24, 2.45) is 14.1 Å². The first-order valence-electron chi connectivity index (χ1n) is 8.19. The van der Waals surface area contributed by atoms with Gasteiger partial charge in [-0.1, -0.05) is 30.3 Å². The highest BCUT2D eigenvalue weighted by Gasteiger charge is 2.36. The molecule has 0 bridgehead atoms. The molecule has 0 spiro atoms. The summed E-state index contributed by atoms with van der Waals surface area (Å²) in [7, 11) is 2.93. The van der Waals surface area contributed by atoms with Crippen LogP contribution in [0.15, 0.2) is 39.9 Å². The van der Waals surface area contributed by atoms with Crippen molar-refractivity contribution >= 4 is 0 Å². The van der Waals surface area contributed by atoms with E-state index in [1.165, 1.54) is 19.7 Å². The summed E-state index contributed by atoms with van der Waals surface area (Å²) in [5, 5.41) is 13.9. The third-order valence-electron chi connectivity index (χ3n) is 5.00. The van der Waals surface area contributed by atoms with Crippen LogP contribution in [0.1, 0.15) is 30.4 Å². The molecule has 2 heterocycles. The highest BCUT2D eigenvalue weighted by Crippen LogP contribution is 2.33. The molecule has 0 aliphatic carbocycles. The van der Waals surface area contributed by atoms with Crippen LogP contribution in [0.5, 0.6) is 5.88 Å². The summed E-state index contributed by atoms with van der Waals surface area (Å²) in [5.41, 5.74) is 0.644. The molecule has 6 nitrogen and oxygen atoms in total. The Kier molecular flexibility index (Phi) is 4.32. The lowest BCUT2D eigenvalue weighted by Crippen LogP contribution is -2.40. The number of nitrogens with zero attached hydrogens (tertiary/aromatic N) is 2. The molecule has 3 rings (SSSR count). The van der Waals surface area contributed by atoms with Crippen LogP contribution >= 0.6 is 0 Å². The van der Waals surface area contributed by atoms with Gasteiger partial charge < -0.3 is 10.4 Å². The van der Waals surface area contributed by atoms with Gasteiger partial charge in [0, 0.05) is 32.1 Å². The maximum atomic E-state index is 12.5. The topological polar surface area (TPSA) is 76.3 Å². The summed E-state index contributed by atoms with van der Waals surface area (Å²) < 4.78 is 2.19. The van der Waals surface area contributed by atoms with E-state index in [0.29, 0.717) is 5.56 Å². The van der Waals surface area contributed by atoms with E-state index in [9.17, 15) is 14.7 Å². The van der Waals surface area contributed by atoms with Crippen molar-refractivity contribution in [2.75, 3.05) is 0 Å². The summed E-state index contributed by atoms with van der Waals surface area (Å²) in [5.74, 6) is -0.341. The predicted molar refractivity (Wildman–Crippen MR) is 92.5 cm³/mol. The van der Waals surface area contributed by atoms with E-state index < -0.39 is 11.2 Å². The first-order valence-corrected chi connectivity index (χ1v) is 8.19. The molecule has 0 saturated carbocycles. The van der Waals surface area contributed by atoms with Crippen molar-refractivity contribution in [1.29, 1.82) is 0 Å². The average molecular weight is 329 g/mol. The predicted octanol–water partition coefficient (Wildman–Crippen LogP) is 0.866. The molecule has 24 heavy (non-hydrogen) atoms. The fraction of sp³-hybridized carbons (Fsp3) is 0.444. The summed E-state index contributed by atoms with van der Waals surface area (Å²) >= 11 is 0. The standard InChI is InChI=1S/C18H23N3O3/c1-11-14(10-13(19-11)9-12-7-5-4-6-8-12)15-16(22)20(2)18(24)21(3)17(15)23/h4-8,11,13-14,19,22H,9-10H2,1-3H3. The molecule has 3 unspecified atom stereocenters. The third-order valence-corrected chi connectivity index (χ3v) is 5.00. The number of benzene rings is 1. The smallest absolute Gasteiger partial charge is 0.333 e. The normalized spacial score (nSPS) is 23.5. The van der Waals surface area contributed by atoms with E-state index in [1.807, 2.05) is 25.1 Å². The third kappa shape index (κ3) is 2.78. The van der Waals surface area contributed by atoms with Crippen molar-refractivity contribution in [2.45, 2.75) is 37.8 Å². The summed E-state index contributed by atoms with van der Waals surface area (Å²) in [6.45, 7) is 2.01. The van der Waals surface area contributed by atoms with Crippen LogP contribution in [0.3, 0.4) is 0 Å². The van der Waals surface area contributed by atoms with Crippen LogP contribution in [-0.4, -0.2) is 26.3 Å². The lowest BCUT2D eigenvalue weighted by Gasteiger charge is -2.18. The molecule has 1 aromatic heterocycles. The van der Waals surface area contributed by atoms with Crippen molar-refractivity contribution in [1.82, 2.24) is 14.5 Å². The van der Waals surface area contributed by atoms with E-state index in [4.69, 9.17) is 0 Å². The second kappa shape index (κ2) is 6.28. The Morgan fingerprint density at radius 1 is 1.17 bits per heavy atom. The van der Waals surface area contributed by atoms with Crippen molar-refractivity contribution < 1.29 is 5.11 Å². The minimum Gasteiger partial charge on any atom is -0.494 e. The van der Waals surface area contributed by atoms with E-state index in [0.717, 1.165) is 22.0 Å². The molecule has 1 aromatic carbocycles. The fourth-order valence-electron chi connectivity index (χ4n) is 3.66. The van der Waals surface area contributed by atoms with Crippen molar-refractivity contribution in [3.63, 3.8) is 0 Å². The number of rotatable bonds is 3. The molecular weight excluding hydrogens is 306 g/mol. The van der Waals surface area contributed by atoms with Crippen LogP contribution < -0.4 is 16.6 Å². The van der Waals surface area contributed by atoms with Gasteiger partial charge in [0.05, 0.1) is 5.56 Å². The Balaban J connectivity index is 1.91. The van der Waals surface area contributed by atoms with Gasteiger partial charge in [-0.3, -0.25) is 13.9 Å². The van der Waals surface area contributed by atoms with Gasteiger partial charge in [0.25, 0.3) is 5.56 Å². The second-order valence-corrected chi connectivity index (χ2v) is 6.63. The number of hydrogen-bond donors (Lipinski definition) is 2. The number of hydrogen-bond acceptors (Lipinski definition) is 4. The number of aromatic hydroxyl groups is 1. The zero-order valence-corrected chi connectivity index (χ0v) is 14.2. The molecule has 1 saturated heterocycles. The zero-order chi connectivity index (χ0) is 17.4. The first kappa shape index (κ1) is 16.5. The Hall–Kier alpha value is -2.34. The van der Waals surface area contributed by atoms with Gasteiger partial charge >= 0.3 is 5.69 Å². The molecule has 0 amide bonds. The molecule has 2 N–H and O–H groups in total. The first-order chi connectivity index (χ1) is 11.4. The Labute approximate surface area is 140 Å². The molecule has 1 aliphatic rings. The van der Waals surface area contributed by atoms with Crippen LogP contribution in [0.2, 0.25) is 0 Å². The SMILES string of the molecule is CC1NC(Cc2ccccc2)CC1c1c(O)n(C)c(=O)n(C)c1=O. The lowest BCUT2D eigenvalue weighted by molar-refractivity contribution is 0.392. The Bertz CT molecular complexity index is 854. The van der Waals surface area contributed by atoms with E-state index in [1.54, 1.807) is 0 Å². The zero-order valence-electron chi connectivity index (χ0n) is 14.2. The maximum absolute atomic E-state index is 12.5. The highest BCUT2D eigenvalue weighted by atomic mass is 16.3. The molecule has 2 aromatic rings. The van der Waals surface area contributed by atoms with Gasteiger partial charge in [-0.2, -0.15) is 0 Å². The summed E-state index contributed by atoms with van der Waals surface area (Å²) in [4.78, 5) is 24.4. The van der Waals surface area contributed by atoms with Gasteiger partial charge in [0.2, 0.25) is 5.88 Å². The molecule has 128 valence electrons. The number of nitrogens with one attached hydrogen (secondary N) is 1. The molecule has 0 radical (unpaired) electrons. The van der Waals surface area contributed by atoms with Gasteiger partial charge in [-0.05, 0) is 25.3 Å². The maximum Gasteiger partial charge on any atom is 0.333 e. The Morgan fingerprint density at radius 3 is 2.50 bits per heavy atom. The largest absolute Gasteiger partial charge is 0.494 e. The summed E-state index contributed by atoms with van der Waals surface area (Å²) in [6.07, 6.45) is 1.62. The average Bonchev–Trinajstić information content (AvgIpc) is 2.92. The Morgan fingerprint density at radius 2 is 1.83 bits per heavy atom. The minimum atomic E-state index is -0.513. The van der Waals surface area contributed by atoms with Crippen LogP contribution in [0.4, 0.5) is 0 Å². The molecule has 1 fully saturated rings. The van der Waals surface area contributed by atoms with Gasteiger partial charge in [0.15, 0.2) is 0 Å².